The quantitative estimate of drug-likeness (QED) is 0.816. The van der Waals surface area contributed by atoms with Crippen molar-refractivity contribution in [1.29, 1.82) is 0 Å². The number of para-hydroxylation sites is 1. The molecule has 2 heterocycles. The number of nitrogens with zero attached hydrogens (tertiary/aromatic N) is 2. The van der Waals surface area contributed by atoms with E-state index in [9.17, 15) is 14.4 Å². The van der Waals surface area contributed by atoms with Crippen LogP contribution in [-0.4, -0.2) is 47.8 Å². The SMILES string of the molecule is O=C(CN1C(=O)C2CCCCN2C(=O)c2ccccc21)NC1CCCCCC1. The molecule has 1 saturated carbocycles. The first-order chi connectivity index (χ1) is 13.6. The van der Waals surface area contributed by atoms with Gasteiger partial charge in [-0.25, -0.2) is 0 Å². The lowest BCUT2D eigenvalue weighted by Crippen LogP contribution is -2.52. The zero-order valence-corrected chi connectivity index (χ0v) is 16.4. The van der Waals surface area contributed by atoms with E-state index in [-0.39, 0.29) is 30.3 Å². The fourth-order valence-electron chi connectivity index (χ4n) is 4.78. The van der Waals surface area contributed by atoms with Crippen LogP contribution in [0.5, 0.6) is 0 Å². The molecule has 1 saturated heterocycles. The van der Waals surface area contributed by atoms with Crippen molar-refractivity contribution in [3.05, 3.63) is 29.8 Å². The third kappa shape index (κ3) is 3.77. The number of nitrogens with one attached hydrogen (secondary N) is 1. The van der Waals surface area contributed by atoms with Crippen molar-refractivity contribution in [3.63, 3.8) is 0 Å². The van der Waals surface area contributed by atoms with Crippen LogP contribution >= 0.6 is 0 Å². The normalized spacial score (nSPS) is 23.5. The molecule has 1 aromatic rings. The topological polar surface area (TPSA) is 69.7 Å². The van der Waals surface area contributed by atoms with E-state index in [1.807, 2.05) is 12.1 Å². The van der Waals surface area contributed by atoms with E-state index in [2.05, 4.69) is 5.32 Å². The third-order valence-corrected chi connectivity index (χ3v) is 6.26. The Hall–Kier alpha value is -2.37. The molecule has 2 aliphatic heterocycles. The minimum atomic E-state index is -0.459. The second kappa shape index (κ2) is 8.33. The first kappa shape index (κ1) is 19.0. The van der Waals surface area contributed by atoms with Gasteiger partial charge in [0.05, 0.1) is 11.3 Å². The largest absolute Gasteiger partial charge is 0.352 e. The Bertz CT molecular complexity index is 755. The van der Waals surface area contributed by atoms with Crippen LogP contribution in [0.4, 0.5) is 5.69 Å². The number of hydrogen-bond donors (Lipinski definition) is 1. The summed E-state index contributed by atoms with van der Waals surface area (Å²) < 4.78 is 0. The van der Waals surface area contributed by atoms with Crippen LogP contribution < -0.4 is 10.2 Å². The highest BCUT2D eigenvalue weighted by Gasteiger charge is 2.41. The average molecular weight is 383 g/mol. The van der Waals surface area contributed by atoms with Crippen molar-refractivity contribution in [2.24, 2.45) is 0 Å². The van der Waals surface area contributed by atoms with Gasteiger partial charge in [0.2, 0.25) is 11.8 Å². The molecule has 1 atom stereocenters. The third-order valence-electron chi connectivity index (χ3n) is 6.26. The Morgan fingerprint density at radius 1 is 0.964 bits per heavy atom. The summed E-state index contributed by atoms with van der Waals surface area (Å²) in [7, 11) is 0. The van der Waals surface area contributed by atoms with Gasteiger partial charge in [0, 0.05) is 12.6 Å². The molecule has 1 aliphatic carbocycles. The van der Waals surface area contributed by atoms with Crippen LogP contribution in [0, 0.1) is 0 Å². The van der Waals surface area contributed by atoms with Gasteiger partial charge in [-0.1, -0.05) is 37.8 Å². The van der Waals surface area contributed by atoms with Gasteiger partial charge in [0.25, 0.3) is 5.91 Å². The predicted molar refractivity (Wildman–Crippen MR) is 107 cm³/mol. The number of benzene rings is 1. The number of anilines is 1. The summed E-state index contributed by atoms with van der Waals surface area (Å²) in [4.78, 5) is 42.4. The van der Waals surface area contributed by atoms with Crippen molar-refractivity contribution >= 4 is 23.4 Å². The van der Waals surface area contributed by atoms with E-state index in [1.54, 1.807) is 17.0 Å². The van der Waals surface area contributed by atoms with E-state index in [1.165, 1.54) is 17.7 Å². The van der Waals surface area contributed by atoms with Crippen molar-refractivity contribution in [2.75, 3.05) is 18.0 Å². The van der Waals surface area contributed by atoms with Crippen LogP contribution in [0.25, 0.3) is 0 Å². The zero-order chi connectivity index (χ0) is 19.5. The summed E-state index contributed by atoms with van der Waals surface area (Å²) in [5.41, 5.74) is 1.07. The van der Waals surface area contributed by atoms with E-state index < -0.39 is 6.04 Å². The van der Waals surface area contributed by atoms with Crippen molar-refractivity contribution < 1.29 is 14.4 Å². The molecule has 0 aromatic heterocycles. The maximum atomic E-state index is 13.3. The van der Waals surface area contributed by atoms with Gasteiger partial charge in [-0.3, -0.25) is 14.4 Å². The molecule has 1 unspecified atom stereocenters. The lowest BCUT2D eigenvalue weighted by atomic mass is 10.0. The molecule has 3 aliphatic rings. The second-order valence-corrected chi connectivity index (χ2v) is 8.21. The van der Waals surface area contributed by atoms with E-state index in [0.717, 1.165) is 38.5 Å². The lowest BCUT2D eigenvalue weighted by Gasteiger charge is -2.34. The summed E-state index contributed by atoms with van der Waals surface area (Å²) in [6.45, 7) is 0.579. The van der Waals surface area contributed by atoms with Crippen molar-refractivity contribution in [2.45, 2.75) is 69.9 Å². The molecular formula is C22H29N3O3. The number of amides is 3. The van der Waals surface area contributed by atoms with Gasteiger partial charge >= 0.3 is 0 Å². The maximum absolute atomic E-state index is 13.3. The van der Waals surface area contributed by atoms with Crippen LogP contribution in [0.2, 0.25) is 0 Å². The number of hydrogen-bond acceptors (Lipinski definition) is 3. The van der Waals surface area contributed by atoms with E-state index in [4.69, 9.17) is 0 Å². The highest BCUT2D eigenvalue weighted by atomic mass is 16.2. The molecule has 0 radical (unpaired) electrons. The molecule has 1 N–H and O–H groups in total. The van der Waals surface area contributed by atoms with Gasteiger partial charge in [0.15, 0.2) is 0 Å². The molecule has 6 heteroatoms. The standard InChI is InChI=1S/C22H29N3O3/c26-20(23-16-9-3-1-2-4-10-16)15-25-18-12-6-5-11-17(18)21(27)24-14-8-7-13-19(24)22(25)28/h5-6,11-12,16,19H,1-4,7-10,13-15H2,(H,23,26). The molecule has 2 fully saturated rings. The Labute approximate surface area is 166 Å². The van der Waals surface area contributed by atoms with Crippen LogP contribution in [-0.2, 0) is 9.59 Å². The Kier molecular flexibility index (Phi) is 5.64. The minimum Gasteiger partial charge on any atom is -0.352 e. The maximum Gasteiger partial charge on any atom is 0.256 e. The summed E-state index contributed by atoms with van der Waals surface area (Å²) in [6.07, 6.45) is 9.26. The number of piperidine rings is 1. The molecule has 4 rings (SSSR count). The Morgan fingerprint density at radius 2 is 1.68 bits per heavy atom. The van der Waals surface area contributed by atoms with Crippen molar-refractivity contribution in [1.82, 2.24) is 10.2 Å². The molecule has 150 valence electrons. The van der Waals surface area contributed by atoms with Crippen molar-refractivity contribution in [3.8, 4) is 0 Å². The fraction of sp³-hybridized carbons (Fsp3) is 0.591. The summed E-state index contributed by atoms with van der Waals surface area (Å²) in [5, 5.41) is 3.13. The zero-order valence-electron chi connectivity index (χ0n) is 16.4. The molecule has 3 amide bonds. The highest BCUT2D eigenvalue weighted by molar-refractivity contribution is 6.12. The van der Waals surface area contributed by atoms with Gasteiger partial charge in [-0.15, -0.1) is 0 Å². The monoisotopic (exact) mass is 383 g/mol. The first-order valence-corrected chi connectivity index (χ1v) is 10.7. The summed E-state index contributed by atoms with van der Waals surface area (Å²) >= 11 is 0. The fourth-order valence-corrected chi connectivity index (χ4v) is 4.78. The summed E-state index contributed by atoms with van der Waals surface area (Å²) in [6, 6.07) is 6.91. The Morgan fingerprint density at radius 3 is 2.46 bits per heavy atom. The van der Waals surface area contributed by atoms with Crippen LogP contribution in [0.15, 0.2) is 24.3 Å². The predicted octanol–water partition coefficient (Wildman–Crippen LogP) is 2.87. The van der Waals surface area contributed by atoms with E-state index >= 15 is 0 Å². The van der Waals surface area contributed by atoms with Crippen LogP contribution in [0.3, 0.4) is 0 Å². The number of rotatable bonds is 3. The molecule has 6 nitrogen and oxygen atoms in total. The minimum absolute atomic E-state index is 0.0238. The highest BCUT2D eigenvalue weighted by Crippen LogP contribution is 2.31. The number of carbonyl (C=O) groups is 3. The number of carbonyl (C=O) groups excluding carboxylic acids is 3. The van der Waals surface area contributed by atoms with Gasteiger partial charge in [0.1, 0.15) is 12.6 Å². The first-order valence-electron chi connectivity index (χ1n) is 10.7. The molecule has 1 aromatic carbocycles. The molecule has 0 bridgehead atoms. The average Bonchev–Trinajstić information content (AvgIpc) is 3.03. The van der Waals surface area contributed by atoms with Crippen LogP contribution in [0.1, 0.15) is 68.1 Å². The second-order valence-electron chi connectivity index (χ2n) is 8.21. The lowest BCUT2D eigenvalue weighted by molar-refractivity contribution is -0.127. The molecule has 0 spiro atoms. The van der Waals surface area contributed by atoms with Gasteiger partial charge < -0.3 is 15.1 Å². The smallest absolute Gasteiger partial charge is 0.256 e. The molecule has 28 heavy (non-hydrogen) atoms. The van der Waals surface area contributed by atoms with Gasteiger partial charge in [-0.05, 0) is 44.2 Å². The molecular weight excluding hydrogens is 354 g/mol. The summed E-state index contributed by atoms with van der Waals surface area (Å²) in [5.74, 6) is -0.360. The van der Waals surface area contributed by atoms with E-state index in [0.29, 0.717) is 24.2 Å². The van der Waals surface area contributed by atoms with Gasteiger partial charge in [-0.2, -0.15) is 0 Å². The Balaban J connectivity index is 1.57. The number of fused-ring (bicyclic) bond motifs is 2.